The Morgan fingerprint density at radius 1 is 1.78 bits per heavy atom. The minimum absolute atomic E-state index is 0.263. The average molecular weight is 119 g/mol. The van der Waals surface area contributed by atoms with E-state index in [-0.39, 0.29) is 11.1 Å². The number of nitriles is 1. The van der Waals surface area contributed by atoms with Gasteiger partial charge >= 0.3 is 0 Å². The van der Waals surface area contributed by atoms with Crippen LogP contribution in [0.3, 0.4) is 0 Å². The van der Waals surface area contributed by atoms with Gasteiger partial charge in [0.05, 0.1) is 11.6 Å². The van der Waals surface area contributed by atoms with Crippen molar-refractivity contribution in [3.05, 3.63) is 34.2 Å². The van der Waals surface area contributed by atoms with E-state index < -0.39 is 0 Å². The lowest BCUT2D eigenvalue weighted by Crippen LogP contribution is -2.02. The Hall–Kier alpha value is -1.56. The van der Waals surface area contributed by atoms with Crippen LogP contribution in [-0.4, -0.2) is 4.98 Å². The van der Waals surface area contributed by atoms with Gasteiger partial charge in [0.15, 0.2) is 0 Å². The van der Waals surface area contributed by atoms with Crippen molar-refractivity contribution in [1.29, 1.82) is 5.26 Å². The molecule has 1 radical (unpaired) electrons. The van der Waals surface area contributed by atoms with Crippen LogP contribution in [-0.2, 0) is 0 Å². The maximum Gasteiger partial charge on any atom is 0.257 e. The summed E-state index contributed by atoms with van der Waals surface area (Å²) >= 11 is 0. The molecule has 0 aliphatic heterocycles. The van der Waals surface area contributed by atoms with E-state index in [9.17, 15) is 4.79 Å². The highest BCUT2D eigenvalue weighted by atomic mass is 16.1. The first-order chi connectivity index (χ1) is 4.33. The molecule has 0 aliphatic rings. The fourth-order valence-corrected chi connectivity index (χ4v) is 0.466. The van der Waals surface area contributed by atoms with E-state index in [1.165, 1.54) is 12.3 Å². The molecule has 1 heterocycles. The zero-order chi connectivity index (χ0) is 6.69. The van der Waals surface area contributed by atoms with Gasteiger partial charge in [0.25, 0.3) is 5.56 Å². The smallest absolute Gasteiger partial charge is 0.257 e. The SMILES string of the molecule is N#Cc1[c]c(=O)[nH]cc1. The Labute approximate surface area is 51.6 Å². The van der Waals surface area contributed by atoms with Gasteiger partial charge in [-0.25, -0.2) is 0 Å². The Bertz CT molecular complexity index is 294. The highest BCUT2D eigenvalue weighted by Gasteiger charge is 1.87. The molecule has 0 aliphatic carbocycles. The van der Waals surface area contributed by atoms with Crippen LogP contribution in [0.5, 0.6) is 0 Å². The van der Waals surface area contributed by atoms with Gasteiger partial charge in [0.2, 0.25) is 0 Å². The van der Waals surface area contributed by atoms with E-state index in [1.54, 1.807) is 6.07 Å². The number of hydrogen-bond donors (Lipinski definition) is 1. The standard InChI is InChI=1S/C6H3N2O/c7-4-5-1-2-8-6(9)3-5/h1-2H,(H,8,9). The Kier molecular flexibility index (Phi) is 1.32. The van der Waals surface area contributed by atoms with Crippen molar-refractivity contribution < 1.29 is 0 Å². The van der Waals surface area contributed by atoms with Crippen molar-refractivity contribution in [2.45, 2.75) is 0 Å². The molecule has 0 amide bonds. The molecule has 1 aromatic rings. The minimum atomic E-state index is -0.367. The van der Waals surface area contributed by atoms with Gasteiger partial charge in [0, 0.05) is 6.20 Å². The summed E-state index contributed by atoms with van der Waals surface area (Å²) < 4.78 is 0. The topological polar surface area (TPSA) is 56.6 Å². The molecule has 3 heteroatoms. The summed E-state index contributed by atoms with van der Waals surface area (Å²) in [6.07, 6.45) is 1.41. The van der Waals surface area contributed by atoms with E-state index in [1.807, 2.05) is 0 Å². The number of pyridine rings is 1. The van der Waals surface area contributed by atoms with Gasteiger partial charge < -0.3 is 4.98 Å². The van der Waals surface area contributed by atoms with Gasteiger partial charge in [-0.1, -0.05) is 0 Å². The van der Waals surface area contributed by atoms with Crippen LogP contribution in [0.15, 0.2) is 17.1 Å². The maximum absolute atomic E-state index is 10.4. The van der Waals surface area contributed by atoms with Crippen molar-refractivity contribution in [2.24, 2.45) is 0 Å². The van der Waals surface area contributed by atoms with Crippen molar-refractivity contribution in [3.63, 3.8) is 0 Å². The van der Waals surface area contributed by atoms with Crippen molar-refractivity contribution in [3.8, 4) is 6.07 Å². The molecular weight excluding hydrogens is 116 g/mol. The fraction of sp³-hybridized carbons (Fsp3) is 0. The summed E-state index contributed by atoms with van der Waals surface area (Å²) in [5.74, 6) is 0. The Balaban J connectivity index is 3.28. The lowest BCUT2D eigenvalue weighted by molar-refractivity contribution is 1.22. The second kappa shape index (κ2) is 2.14. The molecule has 0 unspecified atom stereocenters. The molecule has 0 aromatic carbocycles. The van der Waals surface area contributed by atoms with Crippen LogP contribution in [0.25, 0.3) is 0 Å². The quantitative estimate of drug-likeness (QED) is 0.524. The third kappa shape index (κ3) is 1.16. The van der Waals surface area contributed by atoms with Crippen molar-refractivity contribution in [2.75, 3.05) is 0 Å². The summed E-state index contributed by atoms with van der Waals surface area (Å²) in [4.78, 5) is 12.7. The highest BCUT2D eigenvalue weighted by Crippen LogP contribution is 1.84. The fourth-order valence-electron chi connectivity index (χ4n) is 0.466. The lowest BCUT2D eigenvalue weighted by Gasteiger charge is -1.80. The molecule has 0 saturated heterocycles. The van der Waals surface area contributed by atoms with Crippen LogP contribution in [0, 0.1) is 17.4 Å². The Morgan fingerprint density at radius 3 is 3.00 bits per heavy atom. The largest absolute Gasteiger partial charge is 0.328 e. The maximum atomic E-state index is 10.4. The van der Waals surface area contributed by atoms with Gasteiger partial charge in [0.1, 0.15) is 6.07 Å². The van der Waals surface area contributed by atoms with E-state index in [2.05, 4.69) is 11.1 Å². The van der Waals surface area contributed by atoms with Crippen LogP contribution in [0.4, 0.5) is 0 Å². The van der Waals surface area contributed by atoms with Crippen LogP contribution in [0.1, 0.15) is 5.56 Å². The number of hydrogen-bond acceptors (Lipinski definition) is 2. The monoisotopic (exact) mass is 119 g/mol. The number of aromatic amines is 1. The number of nitrogens with zero attached hydrogens (tertiary/aromatic N) is 1. The first kappa shape index (κ1) is 5.57. The predicted molar refractivity (Wildman–Crippen MR) is 30.6 cm³/mol. The molecule has 0 atom stereocenters. The first-order valence-corrected chi connectivity index (χ1v) is 2.34. The van der Waals surface area contributed by atoms with Crippen LogP contribution in [0.2, 0.25) is 0 Å². The third-order valence-electron chi connectivity index (χ3n) is 0.833. The van der Waals surface area contributed by atoms with Gasteiger partial charge in [-0.05, 0) is 6.07 Å². The molecule has 1 rings (SSSR count). The molecule has 43 valence electrons. The van der Waals surface area contributed by atoms with E-state index in [0.717, 1.165) is 0 Å². The molecular formula is C6H3N2O. The molecule has 0 spiro atoms. The molecule has 9 heavy (non-hydrogen) atoms. The zero-order valence-electron chi connectivity index (χ0n) is 4.51. The third-order valence-corrected chi connectivity index (χ3v) is 0.833. The molecule has 0 saturated carbocycles. The van der Waals surface area contributed by atoms with Gasteiger partial charge in [-0.3, -0.25) is 4.79 Å². The van der Waals surface area contributed by atoms with Crippen molar-refractivity contribution >= 4 is 0 Å². The van der Waals surface area contributed by atoms with Gasteiger partial charge in [-0.2, -0.15) is 5.26 Å². The molecule has 0 fully saturated rings. The summed E-state index contributed by atoms with van der Waals surface area (Å²) in [5, 5.41) is 8.23. The number of aromatic nitrogens is 1. The first-order valence-electron chi connectivity index (χ1n) is 2.34. The molecule has 1 N–H and O–H groups in total. The second-order valence-electron chi connectivity index (χ2n) is 1.46. The van der Waals surface area contributed by atoms with Gasteiger partial charge in [-0.15, -0.1) is 0 Å². The molecule has 0 bridgehead atoms. The van der Waals surface area contributed by atoms with Crippen LogP contribution < -0.4 is 5.56 Å². The average Bonchev–Trinajstić information content (AvgIpc) is 1.88. The summed E-state index contributed by atoms with van der Waals surface area (Å²) in [7, 11) is 0. The Morgan fingerprint density at radius 2 is 2.56 bits per heavy atom. The minimum Gasteiger partial charge on any atom is -0.328 e. The van der Waals surface area contributed by atoms with Crippen molar-refractivity contribution in [1.82, 2.24) is 4.98 Å². The summed E-state index contributed by atoms with van der Waals surface area (Å²) in [6.45, 7) is 0. The number of nitrogens with one attached hydrogen (secondary N) is 1. The van der Waals surface area contributed by atoms with E-state index >= 15 is 0 Å². The molecule has 1 aromatic heterocycles. The molecule has 3 nitrogen and oxygen atoms in total. The van der Waals surface area contributed by atoms with E-state index in [4.69, 9.17) is 5.26 Å². The lowest BCUT2D eigenvalue weighted by atomic mass is 10.3. The zero-order valence-corrected chi connectivity index (χ0v) is 4.51. The van der Waals surface area contributed by atoms with Crippen LogP contribution >= 0.6 is 0 Å². The second-order valence-corrected chi connectivity index (χ2v) is 1.46. The number of rotatable bonds is 0. The highest BCUT2D eigenvalue weighted by molar-refractivity contribution is 5.23. The number of H-pyrrole nitrogens is 1. The summed E-state index contributed by atoms with van der Waals surface area (Å²) in [6, 6.07) is 5.56. The summed E-state index contributed by atoms with van der Waals surface area (Å²) in [5.41, 5.74) is -0.104. The predicted octanol–water partition coefficient (Wildman–Crippen LogP) is 0.0468. The normalized spacial score (nSPS) is 8.33. The van der Waals surface area contributed by atoms with E-state index in [0.29, 0.717) is 0 Å².